The van der Waals surface area contributed by atoms with E-state index >= 15 is 0 Å². The minimum Gasteiger partial charge on any atom is -0.494 e. The van der Waals surface area contributed by atoms with Crippen LogP contribution in [0.4, 0.5) is 0 Å². The number of hydrogen-bond acceptors (Lipinski definition) is 6. The van der Waals surface area contributed by atoms with Gasteiger partial charge in [-0.2, -0.15) is 0 Å². The first-order valence-corrected chi connectivity index (χ1v) is 11.9. The van der Waals surface area contributed by atoms with Gasteiger partial charge in [0.25, 0.3) is 10.0 Å². The minimum absolute atomic E-state index is 0.0571. The van der Waals surface area contributed by atoms with Crippen LogP contribution in [0.3, 0.4) is 0 Å². The van der Waals surface area contributed by atoms with Gasteiger partial charge in [-0.15, -0.1) is 0 Å². The Morgan fingerprint density at radius 2 is 2.00 bits per heavy atom. The molecule has 0 amide bonds. The molecule has 0 radical (unpaired) electrons. The average molecular weight is 433 g/mol. The number of likely N-dealkylation sites (tertiary alicyclic amines) is 1. The Morgan fingerprint density at radius 1 is 1.23 bits per heavy atom. The van der Waals surface area contributed by atoms with Gasteiger partial charge < -0.3 is 14.2 Å². The number of carbonyl (C=O) groups is 1. The van der Waals surface area contributed by atoms with E-state index in [1.807, 2.05) is 24.3 Å². The van der Waals surface area contributed by atoms with Gasteiger partial charge in [-0.3, -0.25) is 4.79 Å². The van der Waals surface area contributed by atoms with E-state index in [-0.39, 0.29) is 22.8 Å². The molecule has 2 aromatic rings. The molecule has 2 heterocycles. The van der Waals surface area contributed by atoms with Crippen LogP contribution in [-0.2, 0) is 17.1 Å². The van der Waals surface area contributed by atoms with Gasteiger partial charge in [0, 0.05) is 43.9 Å². The molecular formula is C21H28N4O4S. The maximum atomic E-state index is 12.4. The first kappa shape index (κ1) is 21.0. The summed E-state index contributed by atoms with van der Waals surface area (Å²) in [5, 5.41) is 0.0571. The number of hydrogen-bond donors (Lipinski definition) is 1. The molecule has 0 bridgehead atoms. The summed E-state index contributed by atoms with van der Waals surface area (Å²) < 4.78 is 34.9. The molecule has 162 valence electrons. The maximum absolute atomic E-state index is 12.4. The van der Waals surface area contributed by atoms with E-state index in [1.54, 1.807) is 11.6 Å². The van der Waals surface area contributed by atoms with Crippen molar-refractivity contribution in [2.75, 3.05) is 26.2 Å². The number of carbonyl (C=O) groups excluding carboxylic acids is 1. The number of rotatable bonds is 10. The Bertz CT molecular complexity index is 983. The predicted octanol–water partition coefficient (Wildman–Crippen LogP) is 1.83. The molecule has 1 aromatic heterocycles. The molecule has 1 saturated heterocycles. The Labute approximate surface area is 177 Å². The second kappa shape index (κ2) is 8.87. The molecular weight excluding hydrogens is 404 g/mol. The van der Waals surface area contributed by atoms with Crippen LogP contribution < -0.4 is 9.46 Å². The van der Waals surface area contributed by atoms with Gasteiger partial charge in [0.1, 0.15) is 5.75 Å². The van der Waals surface area contributed by atoms with Crippen molar-refractivity contribution in [3.8, 4) is 5.75 Å². The summed E-state index contributed by atoms with van der Waals surface area (Å²) in [6.45, 7) is 2.97. The number of aromatic nitrogens is 2. The van der Waals surface area contributed by atoms with Gasteiger partial charge in [0.15, 0.2) is 10.8 Å². The highest BCUT2D eigenvalue weighted by atomic mass is 32.2. The number of nitrogens with zero attached hydrogens (tertiary/aromatic N) is 3. The van der Waals surface area contributed by atoms with Gasteiger partial charge in [0.2, 0.25) is 0 Å². The molecule has 2 aliphatic rings. The number of Topliss-reactive ketones (excluding diaryl/α,β-unsaturated/α-hetero) is 1. The van der Waals surface area contributed by atoms with Crippen LogP contribution in [0, 0.1) is 5.92 Å². The Morgan fingerprint density at radius 3 is 2.67 bits per heavy atom. The fourth-order valence-electron chi connectivity index (χ4n) is 3.71. The fraction of sp³-hybridized carbons (Fsp3) is 0.524. The quantitative estimate of drug-likeness (QED) is 0.455. The molecule has 1 aromatic carbocycles. The number of nitrogens with one attached hydrogen (secondary N) is 1. The molecule has 1 aliphatic carbocycles. The molecule has 0 unspecified atom stereocenters. The van der Waals surface area contributed by atoms with Crippen molar-refractivity contribution in [2.24, 2.45) is 13.0 Å². The van der Waals surface area contributed by atoms with Crippen LogP contribution >= 0.6 is 0 Å². The second-order valence-electron chi connectivity index (χ2n) is 8.15. The molecule has 1 atom stereocenters. The van der Waals surface area contributed by atoms with Crippen LogP contribution in [0.15, 0.2) is 41.8 Å². The van der Waals surface area contributed by atoms with Crippen LogP contribution in [-0.4, -0.2) is 60.9 Å². The van der Waals surface area contributed by atoms with Crippen LogP contribution in [0.5, 0.6) is 5.75 Å². The van der Waals surface area contributed by atoms with E-state index in [9.17, 15) is 13.2 Å². The standard InChI is InChI=1S/C21H28N4O4S/c1-24-14-20(22-15-24)30(27,28)23-18-9-11-25(13-18)10-2-12-29-19-7-5-17(6-8-19)21(26)16-3-4-16/h5-8,14-16,18,23H,2-4,9-13H2,1H3/t18-/m1/s1. The molecule has 1 saturated carbocycles. The zero-order valence-electron chi connectivity index (χ0n) is 17.2. The van der Waals surface area contributed by atoms with Gasteiger partial charge in [-0.05, 0) is 56.5 Å². The fourth-order valence-corrected chi connectivity index (χ4v) is 4.96. The summed E-state index contributed by atoms with van der Waals surface area (Å²) in [4.78, 5) is 18.2. The van der Waals surface area contributed by atoms with Crippen molar-refractivity contribution in [1.29, 1.82) is 0 Å². The number of imidazole rings is 1. The zero-order valence-corrected chi connectivity index (χ0v) is 18.0. The molecule has 1 N–H and O–H groups in total. The number of benzene rings is 1. The number of aryl methyl sites for hydroxylation is 1. The van der Waals surface area contributed by atoms with E-state index in [2.05, 4.69) is 14.6 Å². The summed E-state index contributed by atoms with van der Waals surface area (Å²) >= 11 is 0. The van der Waals surface area contributed by atoms with E-state index < -0.39 is 10.0 Å². The average Bonchev–Trinajstić information content (AvgIpc) is 3.33. The highest BCUT2D eigenvalue weighted by molar-refractivity contribution is 7.89. The maximum Gasteiger partial charge on any atom is 0.259 e. The van der Waals surface area contributed by atoms with Crippen molar-refractivity contribution >= 4 is 15.8 Å². The van der Waals surface area contributed by atoms with E-state index in [0.29, 0.717) is 13.2 Å². The second-order valence-corrected chi connectivity index (χ2v) is 9.81. The van der Waals surface area contributed by atoms with E-state index in [0.717, 1.165) is 50.1 Å². The van der Waals surface area contributed by atoms with Crippen molar-refractivity contribution in [3.05, 3.63) is 42.4 Å². The SMILES string of the molecule is Cn1cnc(S(=O)(=O)N[C@@H]2CCN(CCCOc3ccc(C(=O)C4CC4)cc3)C2)c1. The lowest BCUT2D eigenvalue weighted by atomic mass is 10.1. The number of ether oxygens (including phenoxy) is 1. The summed E-state index contributed by atoms with van der Waals surface area (Å²) in [5.41, 5.74) is 0.765. The van der Waals surface area contributed by atoms with Crippen molar-refractivity contribution in [3.63, 3.8) is 0 Å². The molecule has 0 spiro atoms. The monoisotopic (exact) mass is 432 g/mol. The summed E-state index contributed by atoms with van der Waals surface area (Å²) in [7, 11) is -1.83. The molecule has 30 heavy (non-hydrogen) atoms. The Balaban J connectivity index is 1.16. The topological polar surface area (TPSA) is 93.5 Å². The first-order chi connectivity index (χ1) is 14.4. The smallest absolute Gasteiger partial charge is 0.259 e. The van der Waals surface area contributed by atoms with Gasteiger partial charge >= 0.3 is 0 Å². The van der Waals surface area contributed by atoms with Crippen molar-refractivity contribution < 1.29 is 17.9 Å². The molecule has 1 aliphatic heterocycles. The van der Waals surface area contributed by atoms with Crippen molar-refractivity contribution in [1.82, 2.24) is 19.2 Å². The number of sulfonamides is 1. The lowest BCUT2D eigenvalue weighted by Gasteiger charge is -2.16. The summed E-state index contributed by atoms with van der Waals surface area (Å²) in [5.74, 6) is 1.24. The highest BCUT2D eigenvalue weighted by Crippen LogP contribution is 2.32. The zero-order chi connectivity index (χ0) is 21.1. The molecule has 8 nitrogen and oxygen atoms in total. The van der Waals surface area contributed by atoms with Gasteiger partial charge in [0.05, 0.1) is 12.9 Å². The third-order valence-electron chi connectivity index (χ3n) is 5.53. The molecule has 4 rings (SSSR count). The lowest BCUT2D eigenvalue weighted by Crippen LogP contribution is -2.37. The lowest BCUT2D eigenvalue weighted by molar-refractivity contribution is 0.0967. The Hall–Kier alpha value is -2.23. The highest BCUT2D eigenvalue weighted by Gasteiger charge is 2.30. The summed E-state index contributed by atoms with van der Waals surface area (Å²) in [6.07, 6.45) is 6.64. The van der Waals surface area contributed by atoms with Crippen molar-refractivity contribution in [2.45, 2.75) is 36.8 Å². The third-order valence-corrected chi connectivity index (χ3v) is 6.93. The predicted molar refractivity (Wildman–Crippen MR) is 112 cm³/mol. The van der Waals surface area contributed by atoms with E-state index in [4.69, 9.17) is 4.74 Å². The summed E-state index contributed by atoms with van der Waals surface area (Å²) in [6, 6.07) is 7.29. The number of ketones is 1. The molecule has 9 heteroatoms. The van der Waals surface area contributed by atoms with E-state index in [1.165, 1.54) is 12.5 Å². The molecule has 2 fully saturated rings. The largest absolute Gasteiger partial charge is 0.494 e. The van der Waals surface area contributed by atoms with Gasteiger partial charge in [-0.25, -0.2) is 18.1 Å². The first-order valence-electron chi connectivity index (χ1n) is 10.4. The third kappa shape index (κ3) is 5.27. The Kier molecular flexibility index (Phi) is 6.21. The minimum atomic E-state index is -3.58. The van der Waals surface area contributed by atoms with Crippen LogP contribution in [0.2, 0.25) is 0 Å². The van der Waals surface area contributed by atoms with Crippen LogP contribution in [0.1, 0.15) is 36.0 Å². The van der Waals surface area contributed by atoms with Gasteiger partial charge in [-0.1, -0.05) is 0 Å². The van der Waals surface area contributed by atoms with Crippen LogP contribution in [0.25, 0.3) is 0 Å². The normalized spacial score (nSPS) is 19.8.